The second-order valence-electron chi connectivity index (χ2n) is 4.59. The molecule has 3 nitrogen and oxygen atoms in total. The number of rotatable bonds is 4. The quantitative estimate of drug-likeness (QED) is 0.748. The first-order valence-electron chi connectivity index (χ1n) is 5.66. The Labute approximate surface area is 102 Å². The average Bonchev–Trinajstić information content (AvgIpc) is 2.30. The molecule has 0 radical (unpaired) electrons. The highest BCUT2D eigenvalue weighted by molar-refractivity contribution is 5.76. The van der Waals surface area contributed by atoms with Crippen molar-refractivity contribution in [2.75, 3.05) is 6.61 Å². The maximum atomic E-state index is 11.7. The van der Waals surface area contributed by atoms with E-state index in [1.165, 1.54) is 0 Å². The Morgan fingerprint density at radius 2 is 1.94 bits per heavy atom. The third-order valence-electron chi connectivity index (χ3n) is 2.56. The van der Waals surface area contributed by atoms with Crippen LogP contribution in [0.2, 0.25) is 0 Å². The van der Waals surface area contributed by atoms with Crippen molar-refractivity contribution in [2.45, 2.75) is 27.2 Å². The van der Waals surface area contributed by atoms with Crippen LogP contribution in [-0.2, 0) is 16.0 Å². The highest BCUT2D eigenvalue weighted by Gasteiger charge is 2.29. The zero-order chi connectivity index (χ0) is 12.9. The Morgan fingerprint density at radius 3 is 2.41 bits per heavy atom. The lowest BCUT2D eigenvalue weighted by molar-refractivity contribution is -0.153. The predicted molar refractivity (Wildman–Crippen MR) is 65.3 cm³/mol. The number of nitrogens with zero attached hydrogens (tertiary/aromatic N) is 1. The van der Waals surface area contributed by atoms with Crippen molar-refractivity contribution in [1.82, 2.24) is 0 Å². The molecule has 0 aliphatic carbocycles. The molecule has 90 valence electrons. The molecule has 3 heteroatoms. The van der Waals surface area contributed by atoms with Gasteiger partial charge < -0.3 is 4.74 Å². The number of carbonyl (C=O) groups excluding carboxylic acids is 1. The number of nitriles is 1. The minimum Gasteiger partial charge on any atom is -0.466 e. The summed E-state index contributed by atoms with van der Waals surface area (Å²) in [4.78, 5) is 11.7. The molecule has 1 rings (SSSR count). The SMILES string of the molecule is CCOC(=O)C(C)(C)Cc1ccc(C#N)cc1. The lowest BCUT2D eigenvalue weighted by Gasteiger charge is -2.22. The van der Waals surface area contributed by atoms with Crippen LogP contribution in [0.3, 0.4) is 0 Å². The van der Waals surface area contributed by atoms with Crippen LogP contribution in [0, 0.1) is 16.7 Å². The van der Waals surface area contributed by atoms with E-state index in [-0.39, 0.29) is 5.97 Å². The van der Waals surface area contributed by atoms with Crippen LogP contribution >= 0.6 is 0 Å². The van der Waals surface area contributed by atoms with Crippen molar-refractivity contribution in [3.8, 4) is 6.07 Å². The first-order chi connectivity index (χ1) is 7.99. The molecule has 0 N–H and O–H groups in total. The summed E-state index contributed by atoms with van der Waals surface area (Å²) in [6.45, 7) is 5.93. The van der Waals surface area contributed by atoms with Gasteiger partial charge in [-0.15, -0.1) is 0 Å². The van der Waals surface area contributed by atoms with Crippen LogP contribution in [0.5, 0.6) is 0 Å². The van der Waals surface area contributed by atoms with Crippen LogP contribution in [0.25, 0.3) is 0 Å². The minimum absolute atomic E-state index is 0.190. The van der Waals surface area contributed by atoms with Crippen LogP contribution in [0.1, 0.15) is 31.9 Å². The Kier molecular flexibility index (Phi) is 4.28. The molecule has 0 aliphatic rings. The van der Waals surface area contributed by atoms with Crippen molar-refractivity contribution in [1.29, 1.82) is 5.26 Å². The second kappa shape index (κ2) is 5.49. The van der Waals surface area contributed by atoms with Crippen LogP contribution < -0.4 is 0 Å². The van der Waals surface area contributed by atoms with Crippen molar-refractivity contribution < 1.29 is 9.53 Å². The van der Waals surface area contributed by atoms with Gasteiger partial charge in [0, 0.05) is 0 Å². The summed E-state index contributed by atoms with van der Waals surface area (Å²) in [6, 6.07) is 9.34. The standard InChI is InChI=1S/C14H17NO2/c1-4-17-13(16)14(2,3)9-11-5-7-12(10-15)8-6-11/h5-8H,4,9H2,1-3H3. The summed E-state index contributed by atoms with van der Waals surface area (Å²) in [5.74, 6) is -0.190. The van der Waals surface area contributed by atoms with Crippen LogP contribution in [0.15, 0.2) is 24.3 Å². The molecule has 0 aromatic heterocycles. The molecule has 0 atom stereocenters. The summed E-state index contributed by atoms with van der Waals surface area (Å²) in [6.07, 6.45) is 0.609. The number of hydrogen-bond donors (Lipinski definition) is 0. The largest absolute Gasteiger partial charge is 0.466 e. The molecule has 0 bridgehead atoms. The molecule has 0 saturated carbocycles. The zero-order valence-electron chi connectivity index (χ0n) is 10.5. The van der Waals surface area contributed by atoms with Gasteiger partial charge in [0.25, 0.3) is 0 Å². The van der Waals surface area contributed by atoms with E-state index < -0.39 is 5.41 Å². The zero-order valence-corrected chi connectivity index (χ0v) is 10.5. The van der Waals surface area contributed by atoms with E-state index in [4.69, 9.17) is 10.00 Å². The lowest BCUT2D eigenvalue weighted by atomic mass is 9.85. The minimum atomic E-state index is -0.538. The van der Waals surface area contributed by atoms with E-state index in [1.807, 2.05) is 26.0 Å². The summed E-state index contributed by atoms with van der Waals surface area (Å²) in [5, 5.41) is 8.70. The van der Waals surface area contributed by atoms with Gasteiger partial charge in [0.1, 0.15) is 0 Å². The first-order valence-corrected chi connectivity index (χ1v) is 5.66. The fourth-order valence-corrected chi connectivity index (χ4v) is 1.61. The van der Waals surface area contributed by atoms with E-state index >= 15 is 0 Å². The van der Waals surface area contributed by atoms with Crippen molar-refractivity contribution in [2.24, 2.45) is 5.41 Å². The van der Waals surface area contributed by atoms with E-state index in [1.54, 1.807) is 19.1 Å². The summed E-state index contributed by atoms with van der Waals surface area (Å²) >= 11 is 0. The average molecular weight is 231 g/mol. The normalized spacial score (nSPS) is 10.7. The Morgan fingerprint density at radius 1 is 1.35 bits per heavy atom. The number of carbonyl (C=O) groups is 1. The van der Waals surface area contributed by atoms with Crippen LogP contribution in [0.4, 0.5) is 0 Å². The van der Waals surface area contributed by atoms with Crippen molar-refractivity contribution >= 4 is 5.97 Å². The van der Waals surface area contributed by atoms with Gasteiger partial charge in [0.05, 0.1) is 23.7 Å². The molecule has 1 aromatic rings. The molecule has 0 unspecified atom stereocenters. The molecule has 0 heterocycles. The Balaban J connectivity index is 2.76. The topological polar surface area (TPSA) is 50.1 Å². The third-order valence-corrected chi connectivity index (χ3v) is 2.56. The number of hydrogen-bond acceptors (Lipinski definition) is 3. The van der Waals surface area contributed by atoms with Crippen molar-refractivity contribution in [3.05, 3.63) is 35.4 Å². The molecule has 0 aliphatic heterocycles. The monoisotopic (exact) mass is 231 g/mol. The van der Waals surface area contributed by atoms with Crippen molar-refractivity contribution in [3.63, 3.8) is 0 Å². The summed E-state index contributed by atoms with van der Waals surface area (Å²) in [5.41, 5.74) is 1.12. The van der Waals surface area contributed by atoms with Crippen LogP contribution in [-0.4, -0.2) is 12.6 Å². The maximum Gasteiger partial charge on any atom is 0.311 e. The highest BCUT2D eigenvalue weighted by Crippen LogP contribution is 2.23. The molecule has 1 aromatic carbocycles. The third kappa shape index (κ3) is 3.60. The predicted octanol–water partition coefficient (Wildman–Crippen LogP) is 2.69. The van der Waals surface area contributed by atoms with Gasteiger partial charge >= 0.3 is 5.97 Å². The van der Waals surface area contributed by atoms with Gasteiger partial charge in [-0.2, -0.15) is 5.26 Å². The Bertz CT molecular complexity index is 427. The first kappa shape index (κ1) is 13.2. The molecule has 0 fully saturated rings. The van der Waals surface area contributed by atoms with E-state index in [0.717, 1.165) is 5.56 Å². The molecule has 0 saturated heterocycles. The van der Waals surface area contributed by atoms with Gasteiger partial charge in [-0.3, -0.25) is 4.79 Å². The smallest absolute Gasteiger partial charge is 0.311 e. The van der Waals surface area contributed by atoms with E-state index in [9.17, 15) is 4.79 Å². The van der Waals surface area contributed by atoms with Gasteiger partial charge in [-0.05, 0) is 44.9 Å². The highest BCUT2D eigenvalue weighted by atomic mass is 16.5. The summed E-state index contributed by atoms with van der Waals surface area (Å²) in [7, 11) is 0. The second-order valence-corrected chi connectivity index (χ2v) is 4.59. The molecule has 0 spiro atoms. The summed E-state index contributed by atoms with van der Waals surface area (Å²) < 4.78 is 5.03. The lowest BCUT2D eigenvalue weighted by Crippen LogP contribution is -2.28. The molecular weight excluding hydrogens is 214 g/mol. The number of esters is 1. The maximum absolute atomic E-state index is 11.7. The van der Waals surface area contributed by atoms with Gasteiger partial charge in [-0.1, -0.05) is 12.1 Å². The molecule has 17 heavy (non-hydrogen) atoms. The Hall–Kier alpha value is -1.82. The van der Waals surface area contributed by atoms with Gasteiger partial charge in [0.2, 0.25) is 0 Å². The van der Waals surface area contributed by atoms with Gasteiger partial charge in [0.15, 0.2) is 0 Å². The molecular formula is C14H17NO2. The van der Waals surface area contributed by atoms with Gasteiger partial charge in [-0.25, -0.2) is 0 Å². The van der Waals surface area contributed by atoms with E-state index in [2.05, 4.69) is 6.07 Å². The van der Waals surface area contributed by atoms with E-state index in [0.29, 0.717) is 18.6 Å². The number of benzene rings is 1. The number of ether oxygens (including phenoxy) is 1. The molecule has 0 amide bonds. The fourth-order valence-electron chi connectivity index (χ4n) is 1.61. The fraction of sp³-hybridized carbons (Fsp3) is 0.429.